The summed E-state index contributed by atoms with van der Waals surface area (Å²) in [7, 11) is 0. The highest BCUT2D eigenvalue weighted by atomic mass is 35.5. The largest absolute Gasteiger partial charge is 0.433 e. The van der Waals surface area contributed by atoms with E-state index in [0.29, 0.717) is 10.7 Å². The summed E-state index contributed by atoms with van der Waals surface area (Å²) >= 11 is 5.86. The molecule has 1 N–H and O–H groups in total. The molecule has 1 aromatic heterocycles. The van der Waals surface area contributed by atoms with Crippen molar-refractivity contribution >= 4 is 23.2 Å². The van der Waals surface area contributed by atoms with Crippen molar-refractivity contribution in [3.8, 4) is 0 Å². The van der Waals surface area contributed by atoms with Gasteiger partial charge in [0.25, 0.3) is 5.91 Å². The van der Waals surface area contributed by atoms with E-state index in [4.69, 9.17) is 11.6 Å². The minimum atomic E-state index is -4.53. The van der Waals surface area contributed by atoms with Crippen molar-refractivity contribution in [3.05, 3.63) is 58.9 Å². The van der Waals surface area contributed by atoms with Crippen LogP contribution >= 0.6 is 11.6 Å². The van der Waals surface area contributed by atoms with Gasteiger partial charge in [-0.05, 0) is 24.3 Å². The van der Waals surface area contributed by atoms with Crippen LogP contribution in [0.25, 0.3) is 0 Å². The molecule has 7 heteroatoms. The van der Waals surface area contributed by atoms with E-state index in [1.54, 1.807) is 24.3 Å². The summed E-state index contributed by atoms with van der Waals surface area (Å²) < 4.78 is 37.0. The van der Waals surface area contributed by atoms with Crippen LogP contribution in [0.15, 0.2) is 42.6 Å². The quantitative estimate of drug-likeness (QED) is 0.910. The zero-order chi connectivity index (χ0) is 14.8. The van der Waals surface area contributed by atoms with E-state index >= 15 is 0 Å². The summed E-state index contributed by atoms with van der Waals surface area (Å²) in [5.74, 6) is -0.584. The van der Waals surface area contributed by atoms with Gasteiger partial charge in [0, 0.05) is 6.20 Å². The second-order valence-corrected chi connectivity index (χ2v) is 4.27. The van der Waals surface area contributed by atoms with Crippen molar-refractivity contribution in [1.82, 2.24) is 4.98 Å². The molecule has 0 saturated carbocycles. The van der Waals surface area contributed by atoms with Gasteiger partial charge in [0.15, 0.2) is 0 Å². The van der Waals surface area contributed by atoms with Crippen LogP contribution in [0.1, 0.15) is 16.1 Å². The number of halogens is 4. The Morgan fingerprint density at radius 3 is 2.40 bits per heavy atom. The fraction of sp³-hybridized carbons (Fsp3) is 0.0769. The van der Waals surface area contributed by atoms with Gasteiger partial charge in [-0.25, -0.2) is 0 Å². The maximum absolute atomic E-state index is 12.3. The van der Waals surface area contributed by atoms with Crippen LogP contribution in [0.2, 0.25) is 5.02 Å². The molecule has 0 aliphatic heterocycles. The molecule has 0 saturated heterocycles. The molecule has 1 amide bonds. The van der Waals surface area contributed by atoms with Gasteiger partial charge in [0.2, 0.25) is 0 Å². The number of alkyl halides is 3. The molecule has 0 aliphatic carbocycles. The maximum Gasteiger partial charge on any atom is 0.433 e. The van der Waals surface area contributed by atoms with Crippen molar-refractivity contribution in [3.63, 3.8) is 0 Å². The Kier molecular flexibility index (Phi) is 3.94. The summed E-state index contributed by atoms with van der Waals surface area (Å²) in [6.45, 7) is 0. The van der Waals surface area contributed by atoms with E-state index in [2.05, 4.69) is 10.3 Å². The molecular weight excluding hydrogens is 293 g/mol. The number of aromatic nitrogens is 1. The first kappa shape index (κ1) is 14.3. The number of benzene rings is 1. The summed E-state index contributed by atoms with van der Waals surface area (Å²) in [6, 6.07) is 8.34. The first-order valence-corrected chi connectivity index (χ1v) is 5.85. The average molecular weight is 301 g/mol. The lowest BCUT2D eigenvalue weighted by Gasteiger charge is -2.08. The molecule has 0 aliphatic rings. The molecule has 0 spiro atoms. The number of pyridine rings is 1. The number of anilines is 1. The standard InChI is InChI=1S/C13H8ClF3N2O/c14-9-3-1-2-4-10(9)19-12(20)8-5-6-11(18-7-8)13(15,16)17/h1-7H,(H,19,20). The number of hydrogen-bond donors (Lipinski definition) is 1. The third-order valence-electron chi connectivity index (χ3n) is 2.44. The Labute approximate surface area is 117 Å². The smallest absolute Gasteiger partial charge is 0.321 e. The van der Waals surface area contributed by atoms with Crippen LogP contribution < -0.4 is 5.32 Å². The fourth-order valence-corrected chi connectivity index (χ4v) is 1.64. The lowest BCUT2D eigenvalue weighted by Crippen LogP contribution is -2.14. The van der Waals surface area contributed by atoms with Crippen LogP contribution in [-0.4, -0.2) is 10.9 Å². The molecular formula is C13H8ClF3N2O. The van der Waals surface area contributed by atoms with Gasteiger partial charge in [0.05, 0.1) is 16.3 Å². The van der Waals surface area contributed by atoms with Gasteiger partial charge in [-0.2, -0.15) is 13.2 Å². The van der Waals surface area contributed by atoms with Crippen LogP contribution in [-0.2, 0) is 6.18 Å². The number of para-hydroxylation sites is 1. The van der Waals surface area contributed by atoms with E-state index in [0.717, 1.165) is 18.3 Å². The van der Waals surface area contributed by atoms with Gasteiger partial charge in [-0.15, -0.1) is 0 Å². The molecule has 1 aromatic carbocycles. The van der Waals surface area contributed by atoms with Crippen LogP contribution in [0, 0.1) is 0 Å². The Morgan fingerprint density at radius 1 is 1.15 bits per heavy atom. The summed E-state index contributed by atoms with van der Waals surface area (Å²) in [5.41, 5.74) is -0.663. The minimum absolute atomic E-state index is 0.0120. The van der Waals surface area contributed by atoms with Gasteiger partial charge in [-0.1, -0.05) is 23.7 Å². The second-order valence-electron chi connectivity index (χ2n) is 3.86. The molecule has 0 bridgehead atoms. The molecule has 3 nitrogen and oxygen atoms in total. The summed E-state index contributed by atoms with van der Waals surface area (Å²) in [6.07, 6.45) is -3.66. The maximum atomic E-state index is 12.3. The van der Waals surface area contributed by atoms with E-state index in [9.17, 15) is 18.0 Å². The number of amides is 1. The summed E-state index contributed by atoms with van der Waals surface area (Å²) in [5, 5.41) is 2.83. The van der Waals surface area contributed by atoms with Gasteiger partial charge in [0.1, 0.15) is 5.69 Å². The van der Waals surface area contributed by atoms with Crippen molar-refractivity contribution in [1.29, 1.82) is 0 Å². The predicted molar refractivity (Wildman–Crippen MR) is 68.6 cm³/mol. The number of carbonyl (C=O) groups is 1. The summed E-state index contributed by atoms with van der Waals surface area (Å²) in [4.78, 5) is 15.1. The molecule has 2 rings (SSSR count). The predicted octanol–water partition coefficient (Wildman–Crippen LogP) is 4.01. The molecule has 0 fully saturated rings. The number of nitrogens with zero attached hydrogens (tertiary/aromatic N) is 1. The molecule has 0 radical (unpaired) electrons. The Bertz CT molecular complexity index is 626. The Balaban J connectivity index is 2.16. The number of rotatable bonds is 2. The Hall–Kier alpha value is -2.08. The van der Waals surface area contributed by atoms with E-state index < -0.39 is 17.8 Å². The van der Waals surface area contributed by atoms with Gasteiger partial charge in [-0.3, -0.25) is 9.78 Å². The minimum Gasteiger partial charge on any atom is -0.321 e. The topological polar surface area (TPSA) is 42.0 Å². The van der Waals surface area contributed by atoms with Crippen molar-refractivity contribution < 1.29 is 18.0 Å². The lowest BCUT2D eigenvalue weighted by atomic mass is 10.2. The normalized spacial score (nSPS) is 11.2. The first-order valence-electron chi connectivity index (χ1n) is 5.47. The second kappa shape index (κ2) is 5.50. The zero-order valence-corrected chi connectivity index (χ0v) is 10.7. The van der Waals surface area contributed by atoms with Gasteiger partial charge >= 0.3 is 6.18 Å². The third-order valence-corrected chi connectivity index (χ3v) is 2.77. The number of nitrogens with one attached hydrogen (secondary N) is 1. The molecule has 20 heavy (non-hydrogen) atoms. The molecule has 0 atom stereocenters. The molecule has 0 unspecified atom stereocenters. The van der Waals surface area contributed by atoms with Crippen LogP contribution in [0.4, 0.5) is 18.9 Å². The SMILES string of the molecule is O=C(Nc1ccccc1Cl)c1ccc(C(F)(F)F)nc1. The number of carbonyl (C=O) groups excluding carboxylic acids is 1. The first-order chi connectivity index (χ1) is 9.38. The Morgan fingerprint density at radius 2 is 1.85 bits per heavy atom. The fourth-order valence-electron chi connectivity index (χ4n) is 1.45. The third kappa shape index (κ3) is 3.27. The van der Waals surface area contributed by atoms with Crippen molar-refractivity contribution in [2.75, 3.05) is 5.32 Å². The molecule has 1 heterocycles. The lowest BCUT2D eigenvalue weighted by molar-refractivity contribution is -0.141. The molecule has 104 valence electrons. The highest BCUT2D eigenvalue weighted by Crippen LogP contribution is 2.27. The van der Waals surface area contributed by atoms with E-state index in [-0.39, 0.29) is 5.56 Å². The highest BCUT2D eigenvalue weighted by Gasteiger charge is 2.32. The highest BCUT2D eigenvalue weighted by molar-refractivity contribution is 6.33. The average Bonchev–Trinajstić information content (AvgIpc) is 2.40. The van der Waals surface area contributed by atoms with Crippen molar-refractivity contribution in [2.45, 2.75) is 6.18 Å². The van der Waals surface area contributed by atoms with Gasteiger partial charge < -0.3 is 5.32 Å². The van der Waals surface area contributed by atoms with Crippen LogP contribution in [0.3, 0.4) is 0 Å². The number of hydrogen-bond acceptors (Lipinski definition) is 2. The molecule has 2 aromatic rings. The zero-order valence-electron chi connectivity index (χ0n) is 9.91. The van der Waals surface area contributed by atoms with E-state index in [1.807, 2.05) is 0 Å². The van der Waals surface area contributed by atoms with Crippen molar-refractivity contribution in [2.24, 2.45) is 0 Å². The van der Waals surface area contributed by atoms with E-state index in [1.165, 1.54) is 0 Å². The monoisotopic (exact) mass is 300 g/mol. The van der Waals surface area contributed by atoms with Crippen LogP contribution in [0.5, 0.6) is 0 Å².